The zero-order valence-electron chi connectivity index (χ0n) is 42.8. The van der Waals surface area contributed by atoms with E-state index in [-0.39, 0.29) is 6.09 Å². The Morgan fingerprint density at radius 3 is 0.918 bits per heavy atom. The molecule has 1 fully saturated rings. The number of ether oxygens (including phenoxy) is 1. The smallest absolute Gasteiger partial charge is 0.410 e. The number of carbonyl (C=O) groups is 1. The molecule has 61 heavy (non-hydrogen) atoms. The Balaban J connectivity index is 2.61. The average molecular weight is 862 g/mol. The maximum Gasteiger partial charge on any atom is 0.410 e. The first-order valence-corrected chi connectivity index (χ1v) is 27.9. The molecule has 1 saturated heterocycles. The van der Waals surface area contributed by atoms with E-state index in [2.05, 4.69) is 35.5 Å². The number of amides is 1. The van der Waals surface area contributed by atoms with Crippen molar-refractivity contribution in [1.82, 2.24) is 19.6 Å². The van der Waals surface area contributed by atoms with Crippen molar-refractivity contribution in [2.75, 3.05) is 72.0 Å². The maximum absolute atomic E-state index is 12.7. The number of nitrogens with zero attached hydrogens (tertiary/aromatic N) is 4. The lowest BCUT2D eigenvalue weighted by Crippen LogP contribution is -2.51. The standard InChI is InChI=1S/C55H112N4O2/c1-7-10-13-16-19-22-25-28-31-34-37-40-43-56(44-41-38-35-32-29-26-23-20-17-14-11-8-2)46-47-57(45-42-39-36-33-30-27-24-21-18-15-12-9-3)48-49-58-50-52-59(53-51-58)54(60)61-55(4,5)6/h7-53H2,1-6H3. The van der Waals surface area contributed by atoms with Crippen LogP contribution in [0.4, 0.5) is 4.79 Å². The van der Waals surface area contributed by atoms with E-state index in [4.69, 9.17) is 4.74 Å². The van der Waals surface area contributed by atoms with Gasteiger partial charge in [-0.05, 0) is 59.7 Å². The molecule has 0 spiro atoms. The van der Waals surface area contributed by atoms with Gasteiger partial charge < -0.3 is 19.4 Å². The van der Waals surface area contributed by atoms with Crippen LogP contribution in [0.1, 0.15) is 273 Å². The third kappa shape index (κ3) is 39.3. The van der Waals surface area contributed by atoms with E-state index in [1.807, 2.05) is 25.7 Å². The molecule has 0 unspecified atom stereocenters. The van der Waals surface area contributed by atoms with Crippen molar-refractivity contribution in [3.63, 3.8) is 0 Å². The third-order valence-corrected chi connectivity index (χ3v) is 13.5. The number of carbonyl (C=O) groups excluding carboxylic acids is 1. The van der Waals surface area contributed by atoms with Crippen molar-refractivity contribution in [2.24, 2.45) is 0 Å². The van der Waals surface area contributed by atoms with E-state index in [0.29, 0.717) is 0 Å². The van der Waals surface area contributed by atoms with Crippen molar-refractivity contribution >= 4 is 6.09 Å². The molecule has 0 atom stereocenters. The van der Waals surface area contributed by atoms with Crippen molar-refractivity contribution in [3.8, 4) is 0 Å². The van der Waals surface area contributed by atoms with Crippen LogP contribution in [0, 0.1) is 0 Å². The monoisotopic (exact) mass is 861 g/mol. The third-order valence-electron chi connectivity index (χ3n) is 13.5. The molecule has 1 aliphatic heterocycles. The summed E-state index contributed by atoms with van der Waals surface area (Å²) in [5.41, 5.74) is -0.434. The molecule has 1 rings (SSSR count). The van der Waals surface area contributed by atoms with Gasteiger partial charge in [0.15, 0.2) is 0 Å². The van der Waals surface area contributed by atoms with Crippen LogP contribution in [-0.4, -0.2) is 103 Å². The summed E-state index contributed by atoms with van der Waals surface area (Å²) in [6, 6.07) is 0. The molecular formula is C55H112N4O2. The number of unbranched alkanes of at least 4 members (excludes halogenated alkanes) is 33. The van der Waals surface area contributed by atoms with Gasteiger partial charge in [0.05, 0.1) is 0 Å². The maximum atomic E-state index is 12.7. The zero-order chi connectivity index (χ0) is 44.3. The summed E-state index contributed by atoms with van der Waals surface area (Å²) in [5, 5.41) is 0. The van der Waals surface area contributed by atoms with E-state index in [9.17, 15) is 4.79 Å². The lowest BCUT2D eigenvalue weighted by Gasteiger charge is -2.36. The molecule has 0 aromatic rings. The Morgan fingerprint density at radius 2 is 0.639 bits per heavy atom. The highest BCUT2D eigenvalue weighted by Crippen LogP contribution is 2.17. The first-order valence-electron chi connectivity index (χ1n) is 27.9. The van der Waals surface area contributed by atoms with Crippen LogP contribution in [0.5, 0.6) is 0 Å². The fraction of sp³-hybridized carbons (Fsp3) is 0.982. The highest BCUT2D eigenvalue weighted by Gasteiger charge is 2.26. The van der Waals surface area contributed by atoms with Crippen LogP contribution in [0.15, 0.2) is 0 Å². The highest BCUT2D eigenvalue weighted by molar-refractivity contribution is 5.68. The molecule has 0 saturated carbocycles. The van der Waals surface area contributed by atoms with Gasteiger partial charge in [-0.2, -0.15) is 0 Å². The second-order valence-corrected chi connectivity index (χ2v) is 20.7. The van der Waals surface area contributed by atoms with Gasteiger partial charge in [-0.3, -0.25) is 4.90 Å². The van der Waals surface area contributed by atoms with Gasteiger partial charge in [0.2, 0.25) is 0 Å². The summed E-state index contributed by atoms with van der Waals surface area (Å²) >= 11 is 0. The summed E-state index contributed by atoms with van der Waals surface area (Å²) in [4.78, 5) is 22.9. The van der Waals surface area contributed by atoms with Crippen molar-refractivity contribution in [3.05, 3.63) is 0 Å². The Labute approximate surface area is 384 Å². The normalized spacial score (nSPS) is 13.9. The molecule has 6 nitrogen and oxygen atoms in total. The molecule has 0 aromatic heterocycles. The summed E-state index contributed by atoms with van der Waals surface area (Å²) in [6.45, 7) is 24.8. The summed E-state index contributed by atoms with van der Waals surface area (Å²) < 4.78 is 5.68. The molecule has 0 radical (unpaired) electrons. The zero-order valence-corrected chi connectivity index (χ0v) is 42.8. The quantitative estimate of drug-likeness (QED) is 0.0571. The first kappa shape index (κ1) is 58.2. The van der Waals surface area contributed by atoms with Crippen LogP contribution >= 0.6 is 0 Å². The number of rotatable bonds is 45. The van der Waals surface area contributed by atoms with Gasteiger partial charge in [-0.25, -0.2) is 4.79 Å². The van der Waals surface area contributed by atoms with Crippen molar-refractivity contribution in [1.29, 1.82) is 0 Å². The largest absolute Gasteiger partial charge is 0.444 e. The van der Waals surface area contributed by atoms with Gasteiger partial charge >= 0.3 is 6.09 Å². The summed E-state index contributed by atoms with van der Waals surface area (Å²) in [6.07, 6.45) is 51.0. The molecule has 0 N–H and O–H groups in total. The molecule has 1 amide bonds. The summed E-state index contributed by atoms with van der Waals surface area (Å²) in [5.74, 6) is 0. The lowest BCUT2D eigenvalue weighted by atomic mass is 10.0. The fourth-order valence-corrected chi connectivity index (χ4v) is 9.25. The van der Waals surface area contributed by atoms with Crippen molar-refractivity contribution in [2.45, 2.75) is 278 Å². The molecule has 1 aliphatic rings. The van der Waals surface area contributed by atoms with E-state index >= 15 is 0 Å². The van der Waals surface area contributed by atoms with Gasteiger partial charge in [0, 0.05) is 52.4 Å². The van der Waals surface area contributed by atoms with Crippen LogP contribution in [-0.2, 0) is 4.74 Å². The van der Waals surface area contributed by atoms with Gasteiger partial charge in [-0.1, -0.05) is 233 Å². The lowest BCUT2D eigenvalue weighted by molar-refractivity contribution is 0.0137. The first-order chi connectivity index (χ1) is 29.8. The Bertz CT molecular complexity index is 873. The minimum Gasteiger partial charge on any atom is -0.444 e. The van der Waals surface area contributed by atoms with E-state index in [0.717, 1.165) is 39.3 Å². The highest BCUT2D eigenvalue weighted by atomic mass is 16.6. The second kappa shape index (κ2) is 43.1. The summed E-state index contributed by atoms with van der Waals surface area (Å²) in [7, 11) is 0. The predicted molar refractivity (Wildman–Crippen MR) is 270 cm³/mol. The number of hydrogen-bond donors (Lipinski definition) is 0. The van der Waals surface area contributed by atoms with Crippen molar-refractivity contribution < 1.29 is 9.53 Å². The van der Waals surface area contributed by atoms with Gasteiger partial charge in [0.25, 0.3) is 0 Å². The van der Waals surface area contributed by atoms with Crippen LogP contribution in [0.25, 0.3) is 0 Å². The van der Waals surface area contributed by atoms with E-state index in [1.165, 1.54) is 264 Å². The molecular weight excluding hydrogens is 749 g/mol. The Hall–Kier alpha value is -0.850. The molecule has 6 heteroatoms. The number of piperazine rings is 1. The van der Waals surface area contributed by atoms with Crippen LogP contribution in [0.2, 0.25) is 0 Å². The minimum atomic E-state index is -0.434. The van der Waals surface area contributed by atoms with Crippen LogP contribution < -0.4 is 0 Å². The molecule has 0 aromatic carbocycles. The topological polar surface area (TPSA) is 39.3 Å². The predicted octanol–water partition coefficient (Wildman–Crippen LogP) is 16.2. The average Bonchev–Trinajstić information content (AvgIpc) is 3.24. The van der Waals surface area contributed by atoms with Crippen LogP contribution in [0.3, 0.4) is 0 Å². The molecule has 1 heterocycles. The Morgan fingerprint density at radius 1 is 0.377 bits per heavy atom. The molecule has 364 valence electrons. The van der Waals surface area contributed by atoms with Gasteiger partial charge in [-0.15, -0.1) is 0 Å². The SMILES string of the molecule is CCCCCCCCCCCCCCN(CCCCCCCCCCCCCC)CCN(CCCCCCCCCCCCCC)CCN1CCN(C(=O)OC(C)(C)C)CC1. The number of hydrogen-bond acceptors (Lipinski definition) is 5. The molecule has 0 bridgehead atoms. The molecule has 0 aliphatic carbocycles. The van der Waals surface area contributed by atoms with E-state index in [1.54, 1.807) is 0 Å². The van der Waals surface area contributed by atoms with E-state index < -0.39 is 5.60 Å². The van der Waals surface area contributed by atoms with Gasteiger partial charge in [0.1, 0.15) is 5.60 Å². The fourth-order valence-electron chi connectivity index (χ4n) is 9.25. The second-order valence-electron chi connectivity index (χ2n) is 20.7. The minimum absolute atomic E-state index is 0.151. The Kier molecular flexibility index (Phi) is 41.1.